The Morgan fingerprint density at radius 2 is 2.05 bits per heavy atom. The minimum absolute atomic E-state index is 0.205. The van der Waals surface area contributed by atoms with Gasteiger partial charge in [-0.15, -0.1) is 0 Å². The van der Waals surface area contributed by atoms with Gasteiger partial charge in [-0.3, -0.25) is 4.79 Å². The van der Waals surface area contributed by atoms with Gasteiger partial charge in [0.25, 0.3) is 5.91 Å². The summed E-state index contributed by atoms with van der Waals surface area (Å²) in [6.45, 7) is 2.34. The van der Waals surface area contributed by atoms with Crippen LogP contribution in [0.2, 0.25) is 0 Å². The lowest BCUT2D eigenvalue weighted by molar-refractivity contribution is 0.102. The van der Waals surface area contributed by atoms with Gasteiger partial charge in [-0.2, -0.15) is 5.10 Å². The zero-order valence-electron chi connectivity index (χ0n) is 11.9. The lowest BCUT2D eigenvalue weighted by Crippen LogP contribution is -2.16. The maximum Gasteiger partial charge on any atom is 0.260 e. The van der Waals surface area contributed by atoms with Gasteiger partial charge in [0.1, 0.15) is 11.6 Å². The van der Waals surface area contributed by atoms with E-state index in [4.69, 9.17) is 4.42 Å². The molecule has 0 aliphatic rings. The summed E-state index contributed by atoms with van der Waals surface area (Å²) in [5, 5.41) is 7.12. The molecule has 2 heterocycles. The van der Waals surface area contributed by atoms with E-state index in [2.05, 4.69) is 26.3 Å². The molecule has 0 radical (unpaired) electrons. The molecule has 1 N–H and O–H groups in total. The monoisotopic (exact) mass is 359 g/mol. The number of amides is 1. The lowest BCUT2D eigenvalue weighted by Gasteiger charge is -2.09. The van der Waals surface area contributed by atoms with Gasteiger partial charge >= 0.3 is 0 Å². The molecule has 0 aliphatic carbocycles. The third-order valence-corrected chi connectivity index (χ3v) is 3.84. The Hall–Kier alpha value is -2.34. The smallest absolute Gasteiger partial charge is 0.260 e. The molecule has 1 amide bonds. The number of nitrogens with zero attached hydrogens (tertiary/aromatic N) is 2. The van der Waals surface area contributed by atoms with E-state index in [0.29, 0.717) is 23.7 Å². The highest BCUT2D eigenvalue weighted by atomic mass is 79.9. The normalized spacial score (nSPS) is 10.6. The molecule has 22 heavy (non-hydrogen) atoms. The van der Waals surface area contributed by atoms with Crippen molar-refractivity contribution in [3.05, 3.63) is 70.2 Å². The van der Waals surface area contributed by atoms with E-state index in [-0.39, 0.29) is 5.91 Å². The van der Waals surface area contributed by atoms with E-state index < -0.39 is 0 Å². The molecule has 112 valence electrons. The van der Waals surface area contributed by atoms with Crippen LogP contribution in [0.4, 0.5) is 5.82 Å². The van der Waals surface area contributed by atoms with Gasteiger partial charge in [-0.05, 0) is 30.7 Å². The van der Waals surface area contributed by atoms with Crippen LogP contribution in [0.15, 0.2) is 57.7 Å². The summed E-state index contributed by atoms with van der Waals surface area (Å²) >= 11 is 3.41. The Bertz CT molecular complexity index is 790. The third kappa shape index (κ3) is 3.12. The first kappa shape index (κ1) is 14.6. The molecule has 0 bridgehead atoms. The van der Waals surface area contributed by atoms with Crippen molar-refractivity contribution in [3.63, 3.8) is 0 Å². The summed E-state index contributed by atoms with van der Waals surface area (Å²) in [6.07, 6.45) is 3.17. The minimum atomic E-state index is -0.205. The highest BCUT2D eigenvalue weighted by Gasteiger charge is 2.13. The first-order chi connectivity index (χ1) is 10.6. The highest BCUT2D eigenvalue weighted by Crippen LogP contribution is 2.16. The summed E-state index contributed by atoms with van der Waals surface area (Å²) < 4.78 is 7.93. The second kappa shape index (κ2) is 6.19. The number of aromatic nitrogens is 2. The fourth-order valence-electron chi connectivity index (χ4n) is 2.13. The summed E-state index contributed by atoms with van der Waals surface area (Å²) in [6, 6.07) is 11.4. The van der Waals surface area contributed by atoms with Crippen LogP contribution in [-0.4, -0.2) is 15.7 Å². The van der Waals surface area contributed by atoms with E-state index in [1.54, 1.807) is 29.9 Å². The van der Waals surface area contributed by atoms with Crippen LogP contribution in [0.1, 0.15) is 21.7 Å². The van der Waals surface area contributed by atoms with Gasteiger partial charge in [0.2, 0.25) is 0 Å². The Labute approximate surface area is 136 Å². The highest BCUT2D eigenvalue weighted by molar-refractivity contribution is 9.10. The number of nitrogens with one attached hydrogen (secondary N) is 1. The van der Waals surface area contributed by atoms with Gasteiger partial charge in [-0.25, -0.2) is 4.68 Å². The second-order valence-corrected chi connectivity index (χ2v) is 5.76. The Balaban J connectivity index is 1.76. The molecule has 3 aromatic rings. The zero-order valence-corrected chi connectivity index (χ0v) is 13.5. The van der Waals surface area contributed by atoms with Crippen LogP contribution >= 0.6 is 15.9 Å². The Morgan fingerprint density at radius 3 is 2.73 bits per heavy atom. The molecule has 0 fully saturated rings. The number of hydrogen-bond acceptors (Lipinski definition) is 3. The predicted octanol–water partition coefficient (Wildman–Crippen LogP) is 3.85. The van der Waals surface area contributed by atoms with Crippen molar-refractivity contribution in [2.75, 3.05) is 5.32 Å². The molecule has 1 aromatic carbocycles. The van der Waals surface area contributed by atoms with Crippen molar-refractivity contribution in [2.45, 2.75) is 13.5 Å². The average Bonchev–Trinajstić information content (AvgIpc) is 3.11. The van der Waals surface area contributed by atoms with Gasteiger partial charge in [0, 0.05) is 10.5 Å². The summed E-state index contributed by atoms with van der Waals surface area (Å²) in [5.41, 5.74) is 1.62. The van der Waals surface area contributed by atoms with Crippen molar-refractivity contribution >= 4 is 27.7 Å². The van der Waals surface area contributed by atoms with Crippen LogP contribution in [0, 0.1) is 6.92 Å². The molecule has 0 saturated carbocycles. The first-order valence-electron chi connectivity index (χ1n) is 6.75. The van der Waals surface area contributed by atoms with Gasteiger partial charge in [0.15, 0.2) is 0 Å². The lowest BCUT2D eigenvalue weighted by atomic mass is 10.2. The molecule has 3 rings (SSSR count). The van der Waals surface area contributed by atoms with Crippen molar-refractivity contribution in [3.8, 4) is 0 Å². The number of carbonyl (C=O) groups is 1. The number of furan rings is 1. The quantitative estimate of drug-likeness (QED) is 0.769. The van der Waals surface area contributed by atoms with Gasteiger partial charge in [0.05, 0.1) is 24.6 Å². The maximum absolute atomic E-state index is 12.2. The maximum atomic E-state index is 12.2. The van der Waals surface area contributed by atoms with Gasteiger partial charge < -0.3 is 9.73 Å². The molecule has 0 atom stereocenters. The standard InChI is InChI=1S/C16H14BrN3O2/c1-11-14(7-9-22-11)16(21)19-15-6-8-18-20(15)10-12-2-4-13(17)5-3-12/h2-9H,10H2,1H3,(H,19,21). The molecule has 2 aromatic heterocycles. The molecule has 0 unspecified atom stereocenters. The molecule has 0 saturated heterocycles. The number of hydrogen-bond donors (Lipinski definition) is 1. The SMILES string of the molecule is Cc1occc1C(=O)Nc1ccnn1Cc1ccc(Br)cc1. The fourth-order valence-corrected chi connectivity index (χ4v) is 2.40. The van der Waals surface area contributed by atoms with Gasteiger partial charge in [-0.1, -0.05) is 28.1 Å². The van der Waals surface area contributed by atoms with Crippen molar-refractivity contribution in [1.82, 2.24) is 9.78 Å². The number of aryl methyl sites for hydroxylation is 1. The van der Waals surface area contributed by atoms with Crippen LogP contribution in [0.3, 0.4) is 0 Å². The number of benzene rings is 1. The minimum Gasteiger partial charge on any atom is -0.469 e. The first-order valence-corrected chi connectivity index (χ1v) is 7.54. The van der Waals surface area contributed by atoms with Crippen LogP contribution in [0.25, 0.3) is 0 Å². The van der Waals surface area contributed by atoms with E-state index in [1.165, 1.54) is 6.26 Å². The van der Waals surface area contributed by atoms with Crippen LogP contribution in [-0.2, 0) is 6.54 Å². The number of carbonyl (C=O) groups excluding carboxylic acids is 1. The molecule has 0 spiro atoms. The molecular weight excluding hydrogens is 346 g/mol. The van der Waals surface area contributed by atoms with E-state index in [9.17, 15) is 4.79 Å². The van der Waals surface area contributed by atoms with Crippen molar-refractivity contribution in [2.24, 2.45) is 0 Å². The fraction of sp³-hybridized carbons (Fsp3) is 0.125. The zero-order chi connectivity index (χ0) is 15.5. The molecule has 0 aliphatic heterocycles. The van der Waals surface area contributed by atoms with E-state index in [1.807, 2.05) is 24.3 Å². The number of halogens is 1. The van der Waals surface area contributed by atoms with Crippen LogP contribution in [0.5, 0.6) is 0 Å². The molecular formula is C16H14BrN3O2. The Morgan fingerprint density at radius 1 is 1.27 bits per heavy atom. The summed E-state index contributed by atoms with van der Waals surface area (Å²) in [4.78, 5) is 12.2. The predicted molar refractivity (Wildman–Crippen MR) is 86.9 cm³/mol. The van der Waals surface area contributed by atoms with E-state index in [0.717, 1.165) is 10.0 Å². The van der Waals surface area contributed by atoms with Crippen molar-refractivity contribution < 1.29 is 9.21 Å². The largest absolute Gasteiger partial charge is 0.469 e. The van der Waals surface area contributed by atoms with Crippen LogP contribution < -0.4 is 5.32 Å². The third-order valence-electron chi connectivity index (χ3n) is 3.31. The summed E-state index contributed by atoms with van der Waals surface area (Å²) in [7, 11) is 0. The second-order valence-electron chi connectivity index (χ2n) is 4.85. The summed E-state index contributed by atoms with van der Waals surface area (Å²) in [5.74, 6) is 1.04. The number of rotatable bonds is 4. The number of anilines is 1. The van der Waals surface area contributed by atoms with E-state index >= 15 is 0 Å². The molecule has 5 nitrogen and oxygen atoms in total. The molecule has 6 heteroatoms. The Kier molecular flexibility index (Phi) is 4.11. The average molecular weight is 360 g/mol. The van der Waals surface area contributed by atoms with Crippen molar-refractivity contribution in [1.29, 1.82) is 0 Å². The topological polar surface area (TPSA) is 60.1 Å².